The topological polar surface area (TPSA) is 46.3 Å². The van der Waals surface area contributed by atoms with Gasteiger partial charge in [0.1, 0.15) is 11.4 Å². The molecule has 0 saturated carbocycles. The highest BCUT2D eigenvalue weighted by Crippen LogP contribution is 2.21. The Bertz CT molecular complexity index is 626. The molecule has 0 fully saturated rings. The van der Waals surface area contributed by atoms with Crippen molar-refractivity contribution < 1.29 is 9.18 Å². The zero-order chi connectivity index (χ0) is 15.5. The Kier molecular flexibility index (Phi) is 4.38. The minimum atomic E-state index is -1.14. The molecule has 0 heterocycles. The number of amides is 1. The van der Waals surface area contributed by atoms with Crippen molar-refractivity contribution >= 4 is 5.91 Å². The highest BCUT2D eigenvalue weighted by atomic mass is 19.1. The highest BCUT2D eigenvalue weighted by molar-refractivity contribution is 5.86. The van der Waals surface area contributed by atoms with Gasteiger partial charge < -0.3 is 10.6 Å². The van der Waals surface area contributed by atoms with Gasteiger partial charge in [-0.05, 0) is 18.6 Å². The standard InChI is InChI=1S/C17H19FN2O/c1-17(19,14-9-4-3-5-10-14)16(21)20(2)12-13-8-6-7-11-15(13)18/h3-11H,12,19H2,1-2H3. The molecule has 2 N–H and O–H groups in total. The lowest BCUT2D eigenvalue weighted by molar-refractivity contribution is -0.136. The predicted octanol–water partition coefficient (Wildman–Crippen LogP) is 2.66. The summed E-state index contributed by atoms with van der Waals surface area (Å²) in [5.41, 5.74) is 6.25. The quantitative estimate of drug-likeness (QED) is 0.939. The van der Waals surface area contributed by atoms with Crippen LogP contribution in [0.2, 0.25) is 0 Å². The van der Waals surface area contributed by atoms with E-state index in [1.165, 1.54) is 11.0 Å². The van der Waals surface area contributed by atoms with E-state index in [0.29, 0.717) is 5.56 Å². The summed E-state index contributed by atoms with van der Waals surface area (Å²) in [4.78, 5) is 14.0. The second kappa shape index (κ2) is 6.06. The SMILES string of the molecule is CN(Cc1ccccc1F)C(=O)C(C)(N)c1ccccc1. The summed E-state index contributed by atoms with van der Waals surface area (Å²) in [6.07, 6.45) is 0. The lowest BCUT2D eigenvalue weighted by Gasteiger charge is -2.29. The van der Waals surface area contributed by atoms with Crippen LogP contribution in [-0.4, -0.2) is 17.9 Å². The smallest absolute Gasteiger partial charge is 0.247 e. The average Bonchev–Trinajstić information content (AvgIpc) is 2.49. The number of halogens is 1. The van der Waals surface area contributed by atoms with Gasteiger partial charge in [0.25, 0.3) is 0 Å². The van der Waals surface area contributed by atoms with E-state index in [4.69, 9.17) is 5.73 Å². The fraction of sp³-hybridized carbons (Fsp3) is 0.235. The maximum Gasteiger partial charge on any atom is 0.247 e. The molecule has 0 aliphatic carbocycles. The summed E-state index contributed by atoms with van der Waals surface area (Å²) in [5.74, 6) is -0.576. The summed E-state index contributed by atoms with van der Waals surface area (Å²) < 4.78 is 13.7. The molecule has 2 aromatic carbocycles. The van der Waals surface area contributed by atoms with E-state index in [1.807, 2.05) is 30.3 Å². The number of rotatable bonds is 4. The van der Waals surface area contributed by atoms with E-state index in [0.717, 1.165) is 5.56 Å². The van der Waals surface area contributed by atoms with E-state index >= 15 is 0 Å². The molecular formula is C17H19FN2O. The third kappa shape index (κ3) is 3.28. The molecule has 0 saturated heterocycles. The van der Waals surface area contributed by atoms with E-state index in [9.17, 15) is 9.18 Å². The average molecular weight is 286 g/mol. The normalized spacial score (nSPS) is 13.5. The minimum Gasteiger partial charge on any atom is -0.339 e. The summed E-state index contributed by atoms with van der Waals surface area (Å²) in [7, 11) is 1.63. The summed E-state index contributed by atoms with van der Waals surface area (Å²) in [6.45, 7) is 1.85. The third-order valence-electron chi connectivity index (χ3n) is 3.53. The van der Waals surface area contributed by atoms with Gasteiger partial charge in [-0.3, -0.25) is 4.79 Å². The van der Waals surface area contributed by atoms with E-state index in [2.05, 4.69) is 0 Å². The van der Waals surface area contributed by atoms with Crippen molar-refractivity contribution in [1.29, 1.82) is 0 Å². The van der Waals surface area contributed by atoms with Gasteiger partial charge >= 0.3 is 0 Å². The van der Waals surface area contributed by atoms with Gasteiger partial charge in [-0.25, -0.2) is 4.39 Å². The van der Waals surface area contributed by atoms with Crippen LogP contribution < -0.4 is 5.73 Å². The fourth-order valence-electron chi connectivity index (χ4n) is 2.26. The van der Waals surface area contributed by atoms with Crippen molar-refractivity contribution in [2.24, 2.45) is 5.73 Å². The number of likely N-dealkylation sites (N-methyl/N-ethyl adjacent to an activating group) is 1. The molecule has 21 heavy (non-hydrogen) atoms. The van der Waals surface area contributed by atoms with Crippen molar-refractivity contribution in [3.63, 3.8) is 0 Å². The molecule has 0 aromatic heterocycles. The van der Waals surface area contributed by atoms with Crippen LogP contribution in [-0.2, 0) is 16.9 Å². The Balaban J connectivity index is 2.18. The van der Waals surface area contributed by atoms with Crippen LogP contribution >= 0.6 is 0 Å². The van der Waals surface area contributed by atoms with Crippen LogP contribution in [0.25, 0.3) is 0 Å². The molecular weight excluding hydrogens is 267 g/mol. The first-order valence-corrected chi connectivity index (χ1v) is 6.76. The van der Waals surface area contributed by atoms with Gasteiger partial charge in [0.2, 0.25) is 5.91 Å². The Labute approximate surface area is 124 Å². The van der Waals surface area contributed by atoms with Crippen LogP contribution in [0.4, 0.5) is 4.39 Å². The Morgan fingerprint density at radius 3 is 2.33 bits per heavy atom. The maximum absolute atomic E-state index is 13.7. The fourth-order valence-corrected chi connectivity index (χ4v) is 2.26. The maximum atomic E-state index is 13.7. The third-order valence-corrected chi connectivity index (χ3v) is 3.53. The molecule has 1 atom stereocenters. The summed E-state index contributed by atoms with van der Waals surface area (Å²) >= 11 is 0. The first-order chi connectivity index (χ1) is 9.93. The molecule has 1 amide bonds. The molecule has 1 unspecified atom stereocenters. The van der Waals surface area contributed by atoms with Crippen molar-refractivity contribution in [1.82, 2.24) is 4.90 Å². The van der Waals surface area contributed by atoms with Crippen molar-refractivity contribution in [2.75, 3.05) is 7.05 Å². The van der Waals surface area contributed by atoms with Crippen LogP contribution in [0.15, 0.2) is 54.6 Å². The van der Waals surface area contributed by atoms with Crippen molar-refractivity contribution in [3.05, 3.63) is 71.5 Å². The molecule has 0 aliphatic rings. The van der Waals surface area contributed by atoms with Crippen LogP contribution in [0.3, 0.4) is 0 Å². The predicted molar refractivity (Wildman–Crippen MR) is 80.9 cm³/mol. The van der Waals surface area contributed by atoms with Crippen molar-refractivity contribution in [2.45, 2.75) is 19.0 Å². The Morgan fingerprint density at radius 1 is 1.14 bits per heavy atom. The van der Waals surface area contributed by atoms with Gasteiger partial charge in [-0.2, -0.15) is 0 Å². The number of hydrogen-bond donors (Lipinski definition) is 1. The first-order valence-electron chi connectivity index (χ1n) is 6.76. The number of nitrogens with two attached hydrogens (primary N) is 1. The van der Waals surface area contributed by atoms with Crippen LogP contribution in [0.1, 0.15) is 18.1 Å². The molecule has 0 aliphatic heterocycles. The molecule has 0 bridgehead atoms. The van der Waals surface area contributed by atoms with Gasteiger partial charge in [-0.15, -0.1) is 0 Å². The number of nitrogens with zero attached hydrogens (tertiary/aromatic N) is 1. The minimum absolute atomic E-state index is 0.186. The first kappa shape index (κ1) is 15.2. The molecule has 2 aromatic rings. The van der Waals surface area contributed by atoms with E-state index < -0.39 is 5.54 Å². The second-order valence-corrected chi connectivity index (χ2v) is 5.32. The van der Waals surface area contributed by atoms with Gasteiger partial charge in [0, 0.05) is 19.2 Å². The lowest BCUT2D eigenvalue weighted by atomic mass is 9.91. The molecule has 3 nitrogen and oxygen atoms in total. The number of benzene rings is 2. The Hall–Kier alpha value is -2.20. The second-order valence-electron chi connectivity index (χ2n) is 5.32. The number of carbonyl (C=O) groups excluding carboxylic acids is 1. The van der Waals surface area contributed by atoms with Gasteiger partial charge in [-0.1, -0.05) is 48.5 Å². The van der Waals surface area contributed by atoms with Crippen LogP contribution in [0, 0.1) is 5.82 Å². The van der Waals surface area contributed by atoms with Gasteiger partial charge in [0.05, 0.1) is 0 Å². The highest BCUT2D eigenvalue weighted by Gasteiger charge is 2.33. The molecule has 4 heteroatoms. The molecule has 0 radical (unpaired) electrons. The molecule has 110 valence electrons. The Morgan fingerprint density at radius 2 is 1.71 bits per heavy atom. The number of hydrogen-bond acceptors (Lipinski definition) is 2. The van der Waals surface area contributed by atoms with Gasteiger partial charge in [0.15, 0.2) is 0 Å². The number of carbonyl (C=O) groups is 1. The van der Waals surface area contributed by atoms with Crippen molar-refractivity contribution in [3.8, 4) is 0 Å². The van der Waals surface area contributed by atoms with E-state index in [-0.39, 0.29) is 18.3 Å². The largest absolute Gasteiger partial charge is 0.339 e. The summed E-state index contributed by atoms with van der Waals surface area (Å²) in [6, 6.07) is 15.6. The zero-order valence-corrected chi connectivity index (χ0v) is 12.2. The van der Waals surface area contributed by atoms with Crippen LogP contribution in [0.5, 0.6) is 0 Å². The monoisotopic (exact) mass is 286 g/mol. The lowest BCUT2D eigenvalue weighted by Crippen LogP contribution is -2.49. The molecule has 2 rings (SSSR count). The van der Waals surface area contributed by atoms with E-state index in [1.54, 1.807) is 32.2 Å². The molecule has 0 spiro atoms. The summed E-state index contributed by atoms with van der Waals surface area (Å²) in [5, 5.41) is 0. The zero-order valence-electron chi connectivity index (χ0n) is 12.2.